The van der Waals surface area contributed by atoms with Gasteiger partial charge in [-0.15, -0.1) is 0 Å². The van der Waals surface area contributed by atoms with Gasteiger partial charge in [-0.1, -0.05) is 36.4 Å². The van der Waals surface area contributed by atoms with Gasteiger partial charge in [-0.05, 0) is 48.9 Å². The molecule has 0 aromatic heterocycles. The van der Waals surface area contributed by atoms with E-state index in [1.165, 1.54) is 30.4 Å². The third kappa shape index (κ3) is 2.30. The van der Waals surface area contributed by atoms with E-state index in [9.17, 15) is 0 Å². The number of nitrogen functional groups attached to an aromatic ring is 1. The van der Waals surface area contributed by atoms with Crippen LogP contribution in [0.25, 0.3) is 0 Å². The standard InChI is InChI=1S/C17H20N2/c1-12-6-4-11-16(17(12)18)19-15-10-5-8-13-7-2-3-9-14(13)15/h2-4,6-7,9,11,15,19H,5,8,10,18H2,1H3. The van der Waals surface area contributed by atoms with Crippen LogP contribution in [0.4, 0.5) is 11.4 Å². The van der Waals surface area contributed by atoms with E-state index < -0.39 is 0 Å². The second-order valence-electron chi connectivity index (χ2n) is 5.32. The molecule has 1 unspecified atom stereocenters. The quantitative estimate of drug-likeness (QED) is 0.791. The Labute approximate surface area is 114 Å². The van der Waals surface area contributed by atoms with Crippen LogP contribution >= 0.6 is 0 Å². The summed E-state index contributed by atoms with van der Waals surface area (Å²) in [5, 5.41) is 3.62. The van der Waals surface area contributed by atoms with Crippen LogP contribution < -0.4 is 11.1 Å². The van der Waals surface area contributed by atoms with E-state index in [4.69, 9.17) is 5.73 Å². The summed E-state index contributed by atoms with van der Waals surface area (Å²) in [6.45, 7) is 2.05. The lowest BCUT2D eigenvalue weighted by Gasteiger charge is -2.28. The zero-order valence-corrected chi connectivity index (χ0v) is 11.3. The first-order chi connectivity index (χ1) is 9.25. The highest BCUT2D eigenvalue weighted by molar-refractivity contribution is 5.70. The Kier molecular flexibility index (Phi) is 3.16. The van der Waals surface area contributed by atoms with Crippen LogP contribution in [0.1, 0.15) is 35.6 Å². The van der Waals surface area contributed by atoms with Gasteiger partial charge in [-0.3, -0.25) is 0 Å². The van der Waals surface area contributed by atoms with Crippen LogP contribution in [0, 0.1) is 6.92 Å². The maximum atomic E-state index is 6.16. The Bertz CT molecular complexity index is 590. The molecule has 2 aromatic carbocycles. The molecule has 3 N–H and O–H groups in total. The number of hydrogen-bond donors (Lipinski definition) is 2. The van der Waals surface area contributed by atoms with Crippen LogP contribution in [0.15, 0.2) is 42.5 Å². The van der Waals surface area contributed by atoms with E-state index in [1.807, 2.05) is 0 Å². The van der Waals surface area contributed by atoms with Gasteiger partial charge in [0.2, 0.25) is 0 Å². The molecule has 0 radical (unpaired) electrons. The van der Waals surface area contributed by atoms with Crippen molar-refractivity contribution < 1.29 is 0 Å². The third-order valence-electron chi connectivity index (χ3n) is 4.02. The van der Waals surface area contributed by atoms with E-state index in [0.717, 1.165) is 16.9 Å². The number of nitrogens with one attached hydrogen (secondary N) is 1. The second kappa shape index (κ2) is 4.96. The smallest absolute Gasteiger partial charge is 0.0581 e. The normalized spacial score (nSPS) is 17.8. The Morgan fingerprint density at radius 2 is 1.95 bits per heavy atom. The fourth-order valence-corrected chi connectivity index (χ4v) is 2.90. The number of anilines is 2. The number of aryl methyl sites for hydroxylation is 2. The minimum atomic E-state index is 0.383. The lowest BCUT2D eigenvalue weighted by molar-refractivity contribution is 0.600. The summed E-state index contributed by atoms with van der Waals surface area (Å²) >= 11 is 0. The molecule has 0 saturated heterocycles. The molecule has 2 nitrogen and oxygen atoms in total. The predicted molar refractivity (Wildman–Crippen MR) is 81.3 cm³/mol. The summed E-state index contributed by atoms with van der Waals surface area (Å²) in [4.78, 5) is 0. The monoisotopic (exact) mass is 252 g/mol. The van der Waals surface area contributed by atoms with Crippen molar-refractivity contribution in [1.82, 2.24) is 0 Å². The van der Waals surface area contributed by atoms with Crippen LogP contribution in [-0.4, -0.2) is 0 Å². The summed E-state index contributed by atoms with van der Waals surface area (Å²) in [6.07, 6.45) is 3.60. The molecule has 2 heteroatoms. The molecule has 0 fully saturated rings. The summed E-state index contributed by atoms with van der Waals surface area (Å²) < 4.78 is 0. The maximum Gasteiger partial charge on any atom is 0.0581 e. The Hall–Kier alpha value is -1.96. The molecule has 0 bridgehead atoms. The van der Waals surface area contributed by atoms with Crippen molar-refractivity contribution in [3.8, 4) is 0 Å². The highest BCUT2D eigenvalue weighted by atomic mass is 14.9. The fraction of sp³-hybridized carbons (Fsp3) is 0.294. The number of para-hydroxylation sites is 1. The molecule has 19 heavy (non-hydrogen) atoms. The zero-order chi connectivity index (χ0) is 13.2. The van der Waals surface area contributed by atoms with Gasteiger partial charge in [0, 0.05) is 0 Å². The van der Waals surface area contributed by atoms with Gasteiger partial charge in [-0.2, -0.15) is 0 Å². The first-order valence-corrected chi connectivity index (χ1v) is 6.95. The van der Waals surface area contributed by atoms with E-state index in [-0.39, 0.29) is 0 Å². The zero-order valence-electron chi connectivity index (χ0n) is 11.3. The van der Waals surface area contributed by atoms with Crippen molar-refractivity contribution in [2.75, 3.05) is 11.1 Å². The Balaban J connectivity index is 1.91. The lowest BCUT2D eigenvalue weighted by atomic mass is 9.87. The molecule has 0 amide bonds. The van der Waals surface area contributed by atoms with Crippen molar-refractivity contribution in [2.24, 2.45) is 0 Å². The molecule has 98 valence electrons. The molecule has 1 aliphatic rings. The van der Waals surface area contributed by atoms with Gasteiger partial charge >= 0.3 is 0 Å². The second-order valence-corrected chi connectivity index (χ2v) is 5.32. The Morgan fingerprint density at radius 3 is 2.84 bits per heavy atom. The number of rotatable bonds is 2. The summed E-state index contributed by atoms with van der Waals surface area (Å²) in [7, 11) is 0. The van der Waals surface area contributed by atoms with E-state index in [0.29, 0.717) is 6.04 Å². The topological polar surface area (TPSA) is 38.0 Å². The van der Waals surface area contributed by atoms with Crippen molar-refractivity contribution in [3.63, 3.8) is 0 Å². The minimum Gasteiger partial charge on any atom is -0.397 e. The minimum absolute atomic E-state index is 0.383. The van der Waals surface area contributed by atoms with E-state index >= 15 is 0 Å². The van der Waals surface area contributed by atoms with Crippen molar-refractivity contribution in [1.29, 1.82) is 0 Å². The first kappa shape index (κ1) is 12.1. The highest BCUT2D eigenvalue weighted by Crippen LogP contribution is 2.34. The van der Waals surface area contributed by atoms with Crippen LogP contribution in [0.2, 0.25) is 0 Å². The SMILES string of the molecule is Cc1cccc(NC2CCCc3ccccc32)c1N. The summed E-state index contributed by atoms with van der Waals surface area (Å²) in [6, 6.07) is 15.3. The highest BCUT2D eigenvalue weighted by Gasteiger charge is 2.20. The lowest BCUT2D eigenvalue weighted by Crippen LogP contribution is -2.18. The third-order valence-corrected chi connectivity index (χ3v) is 4.02. The number of benzene rings is 2. The van der Waals surface area contributed by atoms with Gasteiger partial charge < -0.3 is 11.1 Å². The number of nitrogens with two attached hydrogens (primary N) is 1. The van der Waals surface area contributed by atoms with Crippen molar-refractivity contribution in [3.05, 3.63) is 59.2 Å². The molecular weight excluding hydrogens is 232 g/mol. The van der Waals surface area contributed by atoms with E-state index in [1.54, 1.807) is 0 Å². The predicted octanol–water partition coefficient (Wildman–Crippen LogP) is 4.07. The Morgan fingerprint density at radius 1 is 1.11 bits per heavy atom. The van der Waals surface area contributed by atoms with Crippen molar-refractivity contribution >= 4 is 11.4 Å². The summed E-state index contributed by atoms with van der Waals surface area (Å²) in [5.74, 6) is 0. The molecule has 0 spiro atoms. The molecule has 3 rings (SSSR count). The molecule has 0 aliphatic heterocycles. The number of hydrogen-bond acceptors (Lipinski definition) is 2. The van der Waals surface area contributed by atoms with Gasteiger partial charge in [0.15, 0.2) is 0 Å². The van der Waals surface area contributed by atoms with Crippen LogP contribution in [0.5, 0.6) is 0 Å². The number of fused-ring (bicyclic) bond motifs is 1. The van der Waals surface area contributed by atoms with Crippen LogP contribution in [-0.2, 0) is 6.42 Å². The average molecular weight is 252 g/mol. The van der Waals surface area contributed by atoms with Gasteiger partial charge in [-0.25, -0.2) is 0 Å². The average Bonchev–Trinajstić information content (AvgIpc) is 2.44. The van der Waals surface area contributed by atoms with E-state index in [2.05, 4.69) is 54.7 Å². The van der Waals surface area contributed by atoms with Gasteiger partial charge in [0.05, 0.1) is 17.4 Å². The van der Waals surface area contributed by atoms with Crippen molar-refractivity contribution in [2.45, 2.75) is 32.2 Å². The maximum absolute atomic E-state index is 6.16. The fourth-order valence-electron chi connectivity index (χ4n) is 2.90. The van der Waals surface area contributed by atoms with Gasteiger partial charge in [0.25, 0.3) is 0 Å². The first-order valence-electron chi connectivity index (χ1n) is 6.95. The molecule has 0 saturated carbocycles. The molecule has 0 heterocycles. The van der Waals surface area contributed by atoms with Crippen LogP contribution in [0.3, 0.4) is 0 Å². The molecule has 1 aliphatic carbocycles. The molecule has 2 aromatic rings. The molecule has 1 atom stereocenters. The van der Waals surface area contributed by atoms with Gasteiger partial charge in [0.1, 0.15) is 0 Å². The molecular formula is C17H20N2. The largest absolute Gasteiger partial charge is 0.397 e. The summed E-state index contributed by atoms with van der Waals surface area (Å²) in [5.41, 5.74) is 12.1.